The predicted octanol–water partition coefficient (Wildman–Crippen LogP) is 0.544. The third kappa shape index (κ3) is 2.96. The molecule has 1 aliphatic heterocycles. The summed E-state index contributed by atoms with van der Waals surface area (Å²) >= 11 is 0. The quantitative estimate of drug-likeness (QED) is 0.830. The van der Waals surface area contributed by atoms with Crippen LogP contribution in [0.4, 0.5) is 13.2 Å². The van der Waals surface area contributed by atoms with Gasteiger partial charge in [0.25, 0.3) is 5.84 Å². The molecule has 26 heavy (non-hydrogen) atoms. The topological polar surface area (TPSA) is 76.5 Å². The highest BCUT2D eigenvalue weighted by molar-refractivity contribution is 6.10. The van der Waals surface area contributed by atoms with Gasteiger partial charge in [0.15, 0.2) is 6.54 Å². The molecule has 1 aliphatic rings. The Bertz CT molecular complexity index is 847. The summed E-state index contributed by atoms with van der Waals surface area (Å²) in [6, 6.07) is 11.2. The molecule has 2 heterocycles. The fourth-order valence-electron chi connectivity index (χ4n) is 2.75. The average molecular weight is 366 g/mol. The number of alkyl halides is 3. The predicted molar refractivity (Wildman–Crippen MR) is 83.4 cm³/mol. The fourth-order valence-corrected chi connectivity index (χ4v) is 2.75. The van der Waals surface area contributed by atoms with Crippen LogP contribution in [-0.4, -0.2) is 34.4 Å². The van der Waals surface area contributed by atoms with Crippen molar-refractivity contribution >= 4 is 17.6 Å². The maximum Gasteiger partial charge on any atom is 0.465 e. The number of amidine groups is 1. The van der Waals surface area contributed by atoms with Gasteiger partial charge in [0.05, 0.1) is 11.8 Å². The third-order valence-electron chi connectivity index (χ3n) is 3.87. The molecule has 1 atom stereocenters. The maximum absolute atomic E-state index is 13.8. The molecule has 2 aromatic rings. The summed E-state index contributed by atoms with van der Waals surface area (Å²) < 4.78 is 46.6. The lowest BCUT2D eigenvalue weighted by Crippen LogP contribution is -2.96. The van der Waals surface area contributed by atoms with Crippen LogP contribution in [0.2, 0.25) is 0 Å². The van der Waals surface area contributed by atoms with Crippen LogP contribution in [0.25, 0.3) is 0 Å². The maximum atomic E-state index is 13.8. The van der Waals surface area contributed by atoms with Gasteiger partial charge in [0.1, 0.15) is 5.76 Å². The van der Waals surface area contributed by atoms with Gasteiger partial charge >= 0.3 is 17.7 Å². The van der Waals surface area contributed by atoms with E-state index in [-0.39, 0.29) is 12.4 Å². The van der Waals surface area contributed by atoms with Crippen LogP contribution in [-0.2, 0) is 16.1 Å². The lowest BCUT2D eigenvalue weighted by Gasteiger charge is -2.24. The van der Waals surface area contributed by atoms with Crippen molar-refractivity contribution in [2.75, 3.05) is 0 Å². The Morgan fingerprint density at radius 2 is 1.92 bits per heavy atom. The number of rotatable bonds is 4. The highest BCUT2D eigenvalue weighted by Crippen LogP contribution is 2.30. The number of nitrogens with zero attached hydrogens (tertiary/aromatic N) is 1. The van der Waals surface area contributed by atoms with Crippen LogP contribution in [0.5, 0.6) is 0 Å². The summed E-state index contributed by atoms with van der Waals surface area (Å²) in [7, 11) is 0. The van der Waals surface area contributed by atoms with Gasteiger partial charge in [0.2, 0.25) is 5.91 Å². The Morgan fingerprint density at radius 1 is 1.23 bits per heavy atom. The summed E-state index contributed by atoms with van der Waals surface area (Å²) in [5, 5.41) is 1.74. The van der Waals surface area contributed by atoms with Gasteiger partial charge in [-0.2, -0.15) is 18.1 Å². The van der Waals surface area contributed by atoms with Gasteiger partial charge in [-0.25, -0.2) is 9.79 Å². The van der Waals surface area contributed by atoms with Crippen molar-refractivity contribution in [3.8, 4) is 0 Å². The Kier molecular flexibility index (Phi) is 4.31. The number of amides is 2. The number of nitrogens with one attached hydrogen (secondary N) is 2. The zero-order valence-electron chi connectivity index (χ0n) is 13.6. The van der Waals surface area contributed by atoms with Crippen molar-refractivity contribution in [3.63, 3.8) is 0 Å². The number of hydrogen-bond acceptors (Lipinski definition) is 3. The fraction of sp³-hybridized carbons (Fsp3) is 0.235. The number of carbonyl (C=O) groups excluding carboxylic acids is 2. The van der Waals surface area contributed by atoms with E-state index < -0.39 is 23.7 Å². The Balaban J connectivity index is 2.13. The van der Waals surface area contributed by atoms with Crippen LogP contribution in [0, 0.1) is 0 Å². The minimum absolute atomic E-state index is 0.0712. The van der Waals surface area contributed by atoms with Gasteiger partial charge in [0, 0.05) is 6.92 Å². The number of benzene rings is 1. The minimum atomic E-state index is -5.06. The van der Waals surface area contributed by atoms with E-state index >= 15 is 0 Å². The van der Waals surface area contributed by atoms with Crippen molar-refractivity contribution in [3.05, 3.63) is 60.1 Å². The first-order valence-corrected chi connectivity index (χ1v) is 7.65. The van der Waals surface area contributed by atoms with Crippen LogP contribution in [0.1, 0.15) is 18.2 Å². The van der Waals surface area contributed by atoms with Gasteiger partial charge in [-0.15, -0.1) is 0 Å². The van der Waals surface area contributed by atoms with Gasteiger partial charge in [-0.1, -0.05) is 18.2 Å². The summed E-state index contributed by atoms with van der Waals surface area (Å²) in [4.78, 5) is 27.3. The molecule has 0 radical (unpaired) electrons. The molecular weight excluding hydrogens is 351 g/mol. The Morgan fingerprint density at radius 3 is 2.46 bits per heavy atom. The Hall–Kier alpha value is -3.10. The van der Waals surface area contributed by atoms with Gasteiger partial charge in [-0.05, 0) is 24.3 Å². The molecule has 136 valence electrons. The number of carbonyl (C=O) groups is 2. The van der Waals surface area contributed by atoms with Crippen LogP contribution in [0.15, 0.2) is 53.1 Å². The van der Waals surface area contributed by atoms with E-state index in [0.29, 0.717) is 11.3 Å². The van der Waals surface area contributed by atoms with E-state index in [2.05, 4.69) is 4.99 Å². The van der Waals surface area contributed by atoms with E-state index in [4.69, 9.17) is 4.42 Å². The van der Waals surface area contributed by atoms with Crippen LogP contribution < -0.4 is 10.3 Å². The summed E-state index contributed by atoms with van der Waals surface area (Å²) in [6.45, 7) is 0.695. The molecule has 0 saturated carbocycles. The Labute approximate surface area is 146 Å². The summed E-state index contributed by atoms with van der Waals surface area (Å²) in [6.07, 6.45) is -3.70. The molecular formula is C17H15F3N3O3+. The molecule has 1 aromatic carbocycles. The molecule has 0 aliphatic carbocycles. The second kappa shape index (κ2) is 6.32. The van der Waals surface area contributed by atoms with E-state index in [0.717, 1.165) is 11.8 Å². The van der Waals surface area contributed by atoms with E-state index in [1.165, 1.54) is 6.26 Å². The van der Waals surface area contributed by atoms with Crippen molar-refractivity contribution < 1.29 is 32.2 Å². The summed E-state index contributed by atoms with van der Waals surface area (Å²) in [5.41, 5.74) is -2.87. The monoisotopic (exact) mass is 366 g/mol. The van der Waals surface area contributed by atoms with E-state index in [9.17, 15) is 22.8 Å². The molecule has 9 heteroatoms. The average Bonchev–Trinajstić information content (AvgIpc) is 3.17. The van der Waals surface area contributed by atoms with Crippen LogP contribution in [0.3, 0.4) is 0 Å². The normalized spacial score (nSPS) is 20.2. The zero-order chi connectivity index (χ0) is 18.9. The molecule has 1 aromatic heterocycles. The molecule has 2 N–H and O–H groups in total. The largest absolute Gasteiger partial charge is 0.465 e. The van der Waals surface area contributed by atoms with Crippen molar-refractivity contribution in [2.45, 2.75) is 25.3 Å². The van der Waals surface area contributed by atoms with Crippen molar-refractivity contribution in [1.29, 1.82) is 0 Å². The van der Waals surface area contributed by atoms with E-state index in [1.54, 1.807) is 47.8 Å². The van der Waals surface area contributed by atoms with Crippen molar-refractivity contribution in [1.82, 2.24) is 10.2 Å². The number of hydrogen-bond donors (Lipinski definition) is 2. The molecule has 0 bridgehead atoms. The molecule has 0 saturated heterocycles. The summed E-state index contributed by atoms with van der Waals surface area (Å²) in [5.74, 6) is -2.10. The van der Waals surface area contributed by atoms with Gasteiger partial charge in [-0.3, -0.25) is 10.1 Å². The zero-order valence-corrected chi connectivity index (χ0v) is 13.6. The second-order valence-electron chi connectivity index (χ2n) is 5.74. The molecule has 0 spiro atoms. The highest BCUT2D eigenvalue weighted by Gasteiger charge is 2.72. The minimum Gasteiger partial charge on any atom is -0.465 e. The molecule has 0 unspecified atom stereocenters. The first-order chi connectivity index (χ1) is 12.2. The van der Waals surface area contributed by atoms with E-state index in [1.807, 2.05) is 0 Å². The van der Waals surface area contributed by atoms with Gasteiger partial charge < -0.3 is 4.42 Å². The molecule has 6 nitrogen and oxygen atoms in total. The number of furan rings is 1. The van der Waals surface area contributed by atoms with Crippen molar-refractivity contribution in [2.24, 2.45) is 0 Å². The lowest BCUT2D eigenvalue weighted by molar-refractivity contribution is -0.581. The first-order valence-electron chi connectivity index (χ1n) is 7.65. The highest BCUT2D eigenvalue weighted by atomic mass is 19.4. The van der Waals surface area contributed by atoms with Crippen LogP contribution >= 0.6 is 0 Å². The lowest BCUT2D eigenvalue weighted by atomic mass is 10.1. The SMILES string of the molecule is CC(=O)N[C@@]1(C(F)(F)F)[NH+]=C(c2ccccc2)N(Cc2ccco2)C1=O. The smallest absolute Gasteiger partial charge is 0.465 e. The molecule has 3 rings (SSSR count). The third-order valence-corrected chi connectivity index (χ3v) is 3.87. The standard InChI is InChI=1S/C17H14F3N3O3/c1-11(24)21-16(17(18,19)20)15(25)23(10-13-8-5-9-26-13)14(22-16)12-6-3-2-4-7-12/h2-9H,10H2,1H3,(H,21,24)/p+1/t16-/m1/s1. The number of halogens is 3. The molecule has 0 fully saturated rings. The first kappa shape index (κ1) is 17.7. The second-order valence-corrected chi connectivity index (χ2v) is 5.74. The molecule has 2 amide bonds.